The van der Waals surface area contributed by atoms with E-state index in [0.717, 1.165) is 43.8 Å². The molecule has 9 heteroatoms. The van der Waals surface area contributed by atoms with Crippen LogP contribution in [0.15, 0.2) is 23.1 Å². The molecule has 0 aliphatic heterocycles. The third kappa shape index (κ3) is 4.84. The van der Waals surface area contributed by atoms with E-state index in [9.17, 15) is 13.2 Å². The predicted molar refractivity (Wildman–Crippen MR) is 127 cm³/mol. The van der Waals surface area contributed by atoms with E-state index < -0.39 is 10.0 Å². The lowest BCUT2D eigenvalue weighted by atomic mass is 9.76. The second kappa shape index (κ2) is 9.73. The average molecular weight is 479 g/mol. The summed E-state index contributed by atoms with van der Waals surface area (Å²) in [6.07, 6.45) is 6.96. The van der Waals surface area contributed by atoms with Crippen LogP contribution in [0, 0.1) is 23.7 Å². The number of nitrogens with one attached hydrogen (secondary N) is 1. The number of fused-ring (bicyclic) bond motifs is 1. The first-order chi connectivity index (χ1) is 15.3. The van der Waals surface area contributed by atoms with E-state index in [1.54, 1.807) is 18.2 Å². The molecular weight excluding hydrogens is 444 g/mol. The summed E-state index contributed by atoms with van der Waals surface area (Å²) in [4.78, 5) is 15.4. The molecule has 3 unspecified atom stereocenters. The average Bonchev–Trinajstić information content (AvgIpc) is 3.28. The lowest BCUT2D eigenvalue weighted by molar-refractivity contribution is -0.139. The van der Waals surface area contributed by atoms with Gasteiger partial charge in [-0.25, -0.2) is 13.1 Å². The van der Waals surface area contributed by atoms with Crippen molar-refractivity contribution in [2.24, 2.45) is 23.7 Å². The summed E-state index contributed by atoms with van der Waals surface area (Å²) in [6, 6.07) is 5.38. The number of aromatic nitrogens is 2. The largest absolute Gasteiger partial charge is 0.342 e. The highest BCUT2D eigenvalue weighted by atomic mass is 32.2. The van der Waals surface area contributed by atoms with E-state index in [-0.39, 0.29) is 22.6 Å². The molecule has 0 radical (unpaired) electrons. The number of sulfonamides is 1. The molecule has 2 aromatic rings. The molecule has 7 nitrogen and oxygen atoms in total. The number of amides is 1. The summed E-state index contributed by atoms with van der Waals surface area (Å²) >= 11 is 1.02. The summed E-state index contributed by atoms with van der Waals surface area (Å²) in [5.74, 6) is 1.80. The SMILES string of the molecule is CC1CCCC(N(C)C(=O)C2CCC(CNS(=O)(=O)c3cccc4nsnc34)CC2)C1C. The molecule has 1 heterocycles. The Morgan fingerprint density at radius 1 is 1.12 bits per heavy atom. The summed E-state index contributed by atoms with van der Waals surface area (Å²) in [7, 11) is -1.66. The highest BCUT2D eigenvalue weighted by Gasteiger charge is 2.36. The van der Waals surface area contributed by atoms with Crippen LogP contribution in [0.25, 0.3) is 11.0 Å². The quantitative estimate of drug-likeness (QED) is 0.676. The van der Waals surface area contributed by atoms with Gasteiger partial charge < -0.3 is 4.90 Å². The van der Waals surface area contributed by atoms with Crippen LogP contribution in [0.4, 0.5) is 0 Å². The van der Waals surface area contributed by atoms with E-state index in [4.69, 9.17) is 0 Å². The van der Waals surface area contributed by atoms with E-state index in [1.165, 1.54) is 12.8 Å². The van der Waals surface area contributed by atoms with Gasteiger partial charge in [-0.05, 0) is 62.0 Å². The minimum Gasteiger partial charge on any atom is -0.342 e. The maximum Gasteiger partial charge on any atom is 0.242 e. The molecule has 1 amide bonds. The van der Waals surface area contributed by atoms with Gasteiger partial charge in [0.1, 0.15) is 15.9 Å². The van der Waals surface area contributed by atoms with Gasteiger partial charge in [-0.15, -0.1) is 0 Å². The first-order valence-corrected chi connectivity index (χ1v) is 14.0. The molecule has 2 aliphatic carbocycles. The van der Waals surface area contributed by atoms with Gasteiger partial charge in [-0.2, -0.15) is 8.75 Å². The Balaban J connectivity index is 1.30. The van der Waals surface area contributed by atoms with Crippen molar-refractivity contribution in [2.45, 2.75) is 69.7 Å². The third-order valence-electron chi connectivity index (χ3n) is 7.81. The minimum absolute atomic E-state index is 0.0621. The second-order valence-electron chi connectivity index (χ2n) is 9.74. The molecule has 32 heavy (non-hydrogen) atoms. The minimum atomic E-state index is -3.65. The molecular formula is C23H34N4O3S2. The van der Waals surface area contributed by atoms with Crippen LogP contribution in [-0.4, -0.2) is 47.6 Å². The standard InChI is InChI=1S/C23H34N4O3S2/c1-15-6-4-8-20(16(15)2)27(3)23(28)18-12-10-17(11-13-18)14-24-32(29,30)21-9-5-7-19-22(21)26-31-25-19/h5,7,9,15-18,20,24H,4,6,8,10-14H2,1-3H3. The van der Waals surface area contributed by atoms with Crippen molar-refractivity contribution in [1.82, 2.24) is 18.4 Å². The molecule has 3 atom stereocenters. The number of nitrogens with zero attached hydrogens (tertiary/aromatic N) is 3. The number of hydrogen-bond acceptors (Lipinski definition) is 6. The Hall–Kier alpha value is -1.58. The molecule has 2 aliphatic rings. The van der Waals surface area contributed by atoms with Crippen LogP contribution in [0.5, 0.6) is 0 Å². The van der Waals surface area contributed by atoms with Crippen molar-refractivity contribution in [1.29, 1.82) is 0 Å². The predicted octanol–water partition coefficient (Wildman–Crippen LogP) is 4.06. The Labute approximate surface area is 195 Å². The molecule has 1 aromatic carbocycles. The van der Waals surface area contributed by atoms with Crippen LogP contribution in [-0.2, 0) is 14.8 Å². The summed E-state index contributed by atoms with van der Waals surface area (Å²) in [6.45, 7) is 4.97. The molecule has 1 N–H and O–H groups in total. The lowest BCUT2D eigenvalue weighted by Crippen LogP contribution is -2.47. The molecule has 4 rings (SSSR count). The van der Waals surface area contributed by atoms with Crippen molar-refractivity contribution >= 4 is 38.7 Å². The third-order valence-corrected chi connectivity index (χ3v) is 9.80. The van der Waals surface area contributed by atoms with Crippen molar-refractivity contribution in [2.75, 3.05) is 13.6 Å². The lowest BCUT2D eigenvalue weighted by Gasteiger charge is -2.41. The second-order valence-corrected chi connectivity index (χ2v) is 12.0. The zero-order chi connectivity index (χ0) is 22.9. The van der Waals surface area contributed by atoms with Crippen molar-refractivity contribution < 1.29 is 13.2 Å². The molecule has 176 valence electrons. The smallest absolute Gasteiger partial charge is 0.242 e. The Bertz CT molecular complexity index is 1050. The van der Waals surface area contributed by atoms with E-state index in [2.05, 4.69) is 27.3 Å². The molecule has 0 spiro atoms. The maximum atomic E-state index is 13.2. The van der Waals surface area contributed by atoms with Gasteiger partial charge in [0.15, 0.2) is 0 Å². The number of hydrogen-bond donors (Lipinski definition) is 1. The number of rotatable bonds is 6. The monoisotopic (exact) mass is 478 g/mol. The topological polar surface area (TPSA) is 92.3 Å². The fraction of sp³-hybridized carbons (Fsp3) is 0.696. The van der Waals surface area contributed by atoms with Gasteiger partial charge in [-0.3, -0.25) is 4.79 Å². The van der Waals surface area contributed by atoms with Crippen molar-refractivity contribution in [3.63, 3.8) is 0 Å². The molecule has 0 bridgehead atoms. The van der Waals surface area contributed by atoms with Crippen LogP contribution in [0.2, 0.25) is 0 Å². The van der Waals surface area contributed by atoms with Crippen molar-refractivity contribution in [3.8, 4) is 0 Å². The van der Waals surface area contributed by atoms with Gasteiger partial charge in [0.25, 0.3) is 0 Å². The summed E-state index contributed by atoms with van der Waals surface area (Å²) in [5, 5.41) is 0. The number of carbonyl (C=O) groups is 1. The fourth-order valence-corrected chi connectivity index (χ4v) is 7.35. The van der Waals surface area contributed by atoms with Crippen LogP contribution >= 0.6 is 11.7 Å². The van der Waals surface area contributed by atoms with Crippen LogP contribution < -0.4 is 4.72 Å². The zero-order valence-corrected chi connectivity index (χ0v) is 20.8. The maximum absolute atomic E-state index is 13.2. The Morgan fingerprint density at radius 2 is 1.88 bits per heavy atom. The Morgan fingerprint density at radius 3 is 2.62 bits per heavy atom. The molecule has 2 saturated carbocycles. The molecule has 2 fully saturated rings. The number of benzene rings is 1. The first kappa shape index (κ1) is 23.6. The zero-order valence-electron chi connectivity index (χ0n) is 19.2. The van der Waals surface area contributed by atoms with Gasteiger partial charge in [0.2, 0.25) is 15.9 Å². The van der Waals surface area contributed by atoms with E-state index in [1.807, 2.05) is 11.9 Å². The highest BCUT2D eigenvalue weighted by Crippen LogP contribution is 2.35. The van der Waals surface area contributed by atoms with Crippen molar-refractivity contribution in [3.05, 3.63) is 18.2 Å². The van der Waals surface area contributed by atoms with E-state index >= 15 is 0 Å². The van der Waals surface area contributed by atoms with Gasteiger partial charge in [0.05, 0.1) is 11.7 Å². The Kier molecular flexibility index (Phi) is 7.17. The summed E-state index contributed by atoms with van der Waals surface area (Å²) < 4.78 is 36.7. The van der Waals surface area contributed by atoms with Crippen LogP contribution in [0.1, 0.15) is 58.8 Å². The first-order valence-electron chi connectivity index (χ1n) is 11.8. The van der Waals surface area contributed by atoms with E-state index in [0.29, 0.717) is 35.5 Å². The van der Waals surface area contributed by atoms with Crippen LogP contribution in [0.3, 0.4) is 0 Å². The normalized spacial score (nSPS) is 29.2. The van der Waals surface area contributed by atoms with Gasteiger partial charge >= 0.3 is 0 Å². The fourth-order valence-electron chi connectivity index (χ4n) is 5.47. The summed E-state index contributed by atoms with van der Waals surface area (Å²) in [5.41, 5.74) is 1.02. The van der Waals surface area contributed by atoms with Gasteiger partial charge in [-0.1, -0.05) is 32.8 Å². The number of carbonyl (C=O) groups excluding carboxylic acids is 1. The molecule has 0 saturated heterocycles. The highest BCUT2D eigenvalue weighted by molar-refractivity contribution is 7.89. The molecule has 1 aromatic heterocycles. The van der Waals surface area contributed by atoms with Gasteiger partial charge in [0, 0.05) is 25.6 Å².